The quantitative estimate of drug-likeness (QED) is 0.592. The molecular weight excluding hydrogens is 389 g/mol. The number of anilines is 2. The second-order valence-electron chi connectivity index (χ2n) is 6.33. The molecule has 26 heavy (non-hydrogen) atoms. The van der Waals surface area contributed by atoms with E-state index < -0.39 is 0 Å². The predicted molar refractivity (Wildman–Crippen MR) is 112 cm³/mol. The van der Waals surface area contributed by atoms with E-state index in [1.807, 2.05) is 24.3 Å². The topological polar surface area (TPSA) is 28.6 Å². The first-order valence-electron chi connectivity index (χ1n) is 8.46. The number of halogens is 2. The number of ether oxygens (including phenoxy) is 1. The molecular formula is C19H19Cl2N3OS. The Morgan fingerprint density at radius 1 is 1.00 bits per heavy atom. The van der Waals surface area contributed by atoms with Gasteiger partial charge in [-0.15, -0.1) is 0 Å². The van der Waals surface area contributed by atoms with Crippen LogP contribution >= 0.6 is 34.5 Å². The molecule has 0 spiro atoms. The SMILES string of the molecule is COc1ccc(C)c2sc(N3CCN(c4ccc(Cl)c(Cl)c4)CC3)nc12. The Balaban J connectivity index is 1.53. The summed E-state index contributed by atoms with van der Waals surface area (Å²) in [6, 6.07) is 9.89. The second kappa shape index (κ2) is 7.14. The van der Waals surface area contributed by atoms with Crippen molar-refractivity contribution in [2.24, 2.45) is 0 Å². The van der Waals surface area contributed by atoms with Gasteiger partial charge in [-0.3, -0.25) is 0 Å². The lowest BCUT2D eigenvalue weighted by Gasteiger charge is -2.36. The minimum absolute atomic E-state index is 0.591. The number of aryl methyl sites for hydroxylation is 1. The molecule has 0 atom stereocenters. The van der Waals surface area contributed by atoms with E-state index >= 15 is 0 Å². The highest BCUT2D eigenvalue weighted by Gasteiger charge is 2.22. The predicted octanol–water partition coefficient (Wildman–Crippen LogP) is 5.25. The molecule has 0 N–H and O–H groups in total. The van der Waals surface area contributed by atoms with Crippen LogP contribution in [0.1, 0.15) is 5.56 Å². The zero-order chi connectivity index (χ0) is 18.3. The van der Waals surface area contributed by atoms with Crippen molar-refractivity contribution in [2.75, 3.05) is 43.1 Å². The van der Waals surface area contributed by atoms with Crippen molar-refractivity contribution < 1.29 is 4.74 Å². The molecule has 2 aromatic carbocycles. The van der Waals surface area contributed by atoms with Gasteiger partial charge in [0.05, 0.1) is 21.9 Å². The first-order valence-corrected chi connectivity index (χ1v) is 10.0. The highest BCUT2D eigenvalue weighted by atomic mass is 35.5. The molecule has 4 rings (SSSR count). The Morgan fingerprint density at radius 2 is 1.73 bits per heavy atom. The van der Waals surface area contributed by atoms with E-state index in [1.54, 1.807) is 18.4 Å². The average molecular weight is 408 g/mol. The Hall–Kier alpha value is -1.69. The van der Waals surface area contributed by atoms with E-state index in [4.69, 9.17) is 32.9 Å². The summed E-state index contributed by atoms with van der Waals surface area (Å²) >= 11 is 13.9. The molecule has 1 saturated heterocycles. The van der Waals surface area contributed by atoms with Crippen LogP contribution in [0.3, 0.4) is 0 Å². The van der Waals surface area contributed by atoms with Crippen LogP contribution in [-0.4, -0.2) is 38.3 Å². The van der Waals surface area contributed by atoms with Gasteiger partial charge in [0.15, 0.2) is 5.13 Å². The van der Waals surface area contributed by atoms with Crippen LogP contribution in [0.2, 0.25) is 10.0 Å². The molecule has 1 fully saturated rings. The third-order valence-electron chi connectivity index (χ3n) is 4.73. The van der Waals surface area contributed by atoms with Gasteiger partial charge in [0.25, 0.3) is 0 Å². The van der Waals surface area contributed by atoms with Crippen LogP contribution in [0.4, 0.5) is 10.8 Å². The fourth-order valence-electron chi connectivity index (χ4n) is 3.24. The van der Waals surface area contributed by atoms with Gasteiger partial charge in [0, 0.05) is 31.9 Å². The summed E-state index contributed by atoms with van der Waals surface area (Å²) in [5.41, 5.74) is 3.30. The van der Waals surface area contributed by atoms with Crippen LogP contribution in [-0.2, 0) is 0 Å². The molecule has 0 radical (unpaired) electrons. The fraction of sp³-hybridized carbons (Fsp3) is 0.316. The molecule has 1 aliphatic rings. The van der Waals surface area contributed by atoms with Crippen molar-refractivity contribution in [3.05, 3.63) is 45.9 Å². The summed E-state index contributed by atoms with van der Waals surface area (Å²) in [4.78, 5) is 9.53. The lowest BCUT2D eigenvalue weighted by molar-refractivity contribution is 0.419. The summed E-state index contributed by atoms with van der Waals surface area (Å²) in [5, 5.41) is 2.24. The monoisotopic (exact) mass is 407 g/mol. The zero-order valence-electron chi connectivity index (χ0n) is 14.6. The van der Waals surface area contributed by atoms with E-state index in [2.05, 4.69) is 22.8 Å². The minimum atomic E-state index is 0.591. The molecule has 7 heteroatoms. The van der Waals surface area contributed by atoms with Crippen molar-refractivity contribution >= 4 is 55.6 Å². The average Bonchev–Trinajstić information content (AvgIpc) is 3.11. The van der Waals surface area contributed by atoms with E-state index in [1.165, 1.54) is 10.3 Å². The fourth-order valence-corrected chi connectivity index (χ4v) is 4.63. The minimum Gasteiger partial charge on any atom is -0.494 e. The maximum absolute atomic E-state index is 6.16. The summed E-state index contributed by atoms with van der Waals surface area (Å²) in [7, 11) is 1.69. The van der Waals surface area contributed by atoms with Gasteiger partial charge in [0.1, 0.15) is 11.3 Å². The normalized spacial score (nSPS) is 14.9. The van der Waals surface area contributed by atoms with Crippen LogP contribution in [0, 0.1) is 6.92 Å². The zero-order valence-corrected chi connectivity index (χ0v) is 17.0. The first-order chi connectivity index (χ1) is 12.6. The van der Waals surface area contributed by atoms with Crippen LogP contribution in [0.5, 0.6) is 5.75 Å². The van der Waals surface area contributed by atoms with Crippen LogP contribution < -0.4 is 14.5 Å². The molecule has 0 amide bonds. The molecule has 0 saturated carbocycles. The van der Waals surface area contributed by atoms with Gasteiger partial charge in [-0.05, 0) is 36.8 Å². The summed E-state index contributed by atoms with van der Waals surface area (Å²) in [6.07, 6.45) is 0. The lowest BCUT2D eigenvalue weighted by atomic mass is 10.2. The number of rotatable bonds is 3. The number of methoxy groups -OCH3 is 1. The van der Waals surface area contributed by atoms with Crippen molar-refractivity contribution in [3.8, 4) is 5.75 Å². The Morgan fingerprint density at radius 3 is 2.42 bits per heavy atom. The van der Waals surface area contributed by atoms with E-state index in [-0.39, 0.29) is 0 Å². The van der Waals surface area contributed by atoms with Crippen molar-refractivity contribution in [1.82, 2.24) is 4.98 Å². The molecule has 1 aromatic heterocycles. The van der Waals surface area contributed by atoms with E-state index in [0.29, 0.717) is 10.0 Å². The van der Waals surface area contributed by atoms with E-state index in [9.17, 15) is 0 Å². The third kappa shape index (κ3) is 3.20. The summed E-state index contributed by atoms with van der Waals surface area (Å²) in [5.74, 6) is 0.836. The van der Waals surface area contributed by atoms with E-state index in [0.717, 1.165) is 48.3 Å². The number of hydrogen-bond donors (Lipinski definition) is 0. The number of aromatic nitrogens is 1. The number of nitrogens with zero attached hydrogens (tertiary/aromatic N) is 3. The number of hydrogen-bond acceptors (Lipinski definition) is 5. The molecule has 3 aromatic rings. The standard InChI is InChI=1S/C19H19Cl2N3OS/c1-12-3-6-16(25-2)17-18(12)26-19(22-17)24-9-7-23(8-10-24)13-4-5-14(20)15(21)11-13/h3-6,11H,7-10H2,1-2H3. The molecule has 2 heterocycles. The number of benzene rings is 2. The number of thiazole rings is 1. The largest absolute Gasteiger partial charge is 0.494 e. The highest BCUT2D eigenvalue weighted by molar-refractivity contribution is 7.22. The van der Waals surface area contributed by atoms with Crippen molar-refractivity contribution in [1.29, 1.82) is 0 Å². The van der Waals surface area contributed by atoms with Crippen molar-refractivity contribution in [2.45, 2.75) is 6.92 Å². The molecule has 4 nitrogen and oxygen atoms in total. The lowest BCUT2D eigenvalue weighted by Crippen LogP contribution is -2.46. The Labute approximate surface area is 166 Å². The van der Waals surface area contributed by atoms with Gasteiger partial charge in [-0.1, -0.05) is 40.6 Å². The third-order valence-corrected chi connectivity index (χ3v) is 6.72. The van der Waals surface area contributed by atoms with Crippen LogP contribution in [0.15, 0.2) is 30.3 Å². The maximum atomic E-state index is 6.16. The Kier molecular flexibility index (Phi) is 4.86. The molecule has 0 aliphatic carbocycles. The summed E-state index contributed by atoms with van der Waals surface area (Å²) < 4.78 is 6.67. The second-order valence-corrected chi connectivity index (χ2v) is 8.12. The molecule has 136 valence electrons. The maximum Gasteiger partial charge on any atom is 0.186 e. The van der Waals surface area contributed by atoms with Gasteiger partial charge >= 0.3 is 0 Å². The number of piperazine rings is 1. The molecule has 1 aliphatic heterocycles. The van der Waals surface area contributed by atoms with Gasteiger partial charge < -0.3 is 14.5 Å². The van der Waals surface area contributed by atoms with Crippen LogP contribution in [0.25, 0.3) is 10.2 Å². The smallest absolute Gasteiger partial charge is 0.186 e. The van der Waals surface area contributed by atoms with Crippen molar-refractivity contribution in [3.63, 3.8) is 0 Å². The molecule has 0 bridgehead atoms. The Bertz CT molecular complexity index is 951. The molecule has 0 unspecified atom stereocenters. The highest BCUT2D eigenvalue weighted by Crippen LogP contribution is 2.37. The van der Waals surface area contributed by atoms with Gasteiger partial charge in [-0.2, -0.15) is 0 Å². The summed E-state index contributed by atoms with van der Waals surface area (Å²) in [6.45, 7) is 5.79. The first kappa shape index (κ1) is 17.7. The van der Waals surface area contributed by atoms with Gasteiger partial charge in [-0.25, -0.2) is 4.98 Å². The number of fused-ring (bicyclic) bond motifs is 1. The van der Waals surface area contributed by atoms with Gasteiger partial charge in [0.2, 0.25) is 0 Å².